The maximum atomic E-state index is 13.1. The summed E-state index contributed by atoms with van der Waals surface area (Å²) in [5.74, 6) is 0.204. The summed E-state index contributed by atoms with van der Waals surface area (Å²) in [6, 6.07) is 9.36. The summed E-state index contributed by atoms with van der Waals surface area (Å²) < 4.78 is 19.3. The van der Waals surface area contributed by atoms with Gasteiger partial charge in [-0.05, 0) is 59.0 Å². The fraction of sp³-hybridized carbons (Fsp3) is 0.176. The Morgan fingerprint density at radius 1 is 1.26 bits per heavy atom. The lowest BCUT2D eigenvalue weighted by Crippen LogP contribution is -2.13. The van der Waals surface area contributed by atoms with Crippen LogP contribution >= 0.6 is 22.6 Å². The second-order valence-corrected chi connectivity index (χ2v) is 6.63. The SMILES string of the molecule is CC(C)c1nc2cc(NC(=O)c3ccc(F)cc3I)ccc2o1. The zero-order chi connectivity index (χ0) is 16.6. The van der Waals surface area contributed by atoms with Crippen molar-refractivity contribution < 1.29 is 13.6 Å². The zero-order valence-corrected chi connectivity index (χ0v) is 14.7. The summed E-state index contributed by atoms with van der Waals surface area (Å²) in [5.41, 5.74) is 2.42. The van der Waals surface area contributed by atoms with Gasteiger partial charge in [-0.25, -0.2) is 9.37 Å². The van der Waals surface area contributed by atoms with Crippen molar-refractivity contribution in [2.75, 3.05) is 5.32 Å². The van der Waals surface area contributed by atoms with Crippen LogP contribution in [0.2, 0.25) is 0 Å². The second kappa shape index (κ2) is 6.27. The Balaban J connectivity index is 1.87. The van der Waals surface area contributed by atoms with E-state index in [9.17, 15) is 9.18 Å². The first-order chi connectivity index (χ1) is 10.9. The number of fused-ring (bicyclic) bond motifs is 1. The highest BCUT2D eigenvalue weighted by Gasteiger charge is 2.13. The number of anilines is 1. The molecule has 0 atom stereocenters. The van der Waals surface area contributed by atoms with Crippen molar-refractivity contribution in [3.63, 3.8) is 0 Å². The van der Waals surface area contributed by atoms with Crippen molar-refractivity contribution in [3.8, 4) is 0 Å². The Morgan fingerprint density at radius 3 is 2.74 bits per heavy atom. The molecule has 0 radical (unpaired) electrons. The van der Waals surface area contributed by atoms with Crippen LogP contribution < -0.4 is 5.32 Å². The Labute approximate surface area is 146 Å². The van der Waals surface area contributed by atoms with Crippen molar-refractivity contribution in [3.05, 3.63) is 57.2 Å². The number of nitrogens with one attached hydrogen (secondary N) is 1. The lowest BCUT2D eigenvalue weighted by molar-refractivity contribution is 0.102. The average molecular weight is 424 g/mol. The van der Waals surface area contributed by atoms with Gasteiger partial charge in [-0.15, -0.1) is 0 Å². The normalized spacial score (nSPS) is 11.2. The Morgan fingerprint density at radius 2 is 2.04 bits per heavy atom. The fourth-order valence-electron chi connectivity index (χ4n) is 2.14. The molecule has 1 amide bonds. The van der Waals surface area contributed by atoms with Crippen molar-refractivity contribution in [2.24, 2.45) is 0 Å². The van der Waals surface area contributed by atoms with E-state index < -0.39 is 0 Å². The maximum absolute atomic E-state index is 13.1. The molecule has 118 valence electrons. The van der Waals surface area contributed by atoms with Gasteiger partial charge in [-0.2, -0.15) is 0 Å². The number of rotatable bonds is 3. The summed E-state index contributed by atoms with van der Waals surface area (Å²) >= 11 is 1.94. The molecular weight excluding hydrogens is 410 g/mol. The Hall–Kier alpha value is -1.96. The lowest BCUT2D eigenvalue weighted by atomic mass is 10.2. The average Bonchev–Trinajstić information content (AvgIpc) is 2.90. The zero-order valence-electron chi connectivity index (χ0n) is 12.6. The lowest BCUT2D eigenvalue weighted by Gasteiger charge is -2.06. The highest BCUT2D eigenvalue weighted by molar-refractivity contribution is 14.1. The molecule has 3 aromatic rings. The van der Waals surface area contributed by atoms with E-state index in [1.165, 1.54) is 18.2 Å². The van der Waals surface area contributed by atoms with Crippen LogP contribution in [-0.2, 0) is 0 Å². The van der Waals surface area contributed by atoms with Crippen LogP contribution in [0, 0.1) is 9.39 Å². The van der Waals surface area contributed by atoms with Crippen LogP contribution in [0.3, 0.4) is 0 Å². The standard InChI is InChI=1S/C17H14FIN2O2/c1-9(2)17-21-14-8-11(4-6-15(14)23-17)20-16(22)12-5-3-10(18)7-13(12)19/h3-9H,1-2H3,(H,20,22). The molecule has 0 saturated heterocycles. The first-order valence-corrected chi connectivity index (χ1v) is 8.19. The van der Waals surface area contributed by atoms with Gasteiger partial charge in [-0.3, -0.25) is 4.79 Å². The number of benzene rings is 2. The van der Waals surface area contributed by atoms with E-state index in [0.717, 1.165) is 0 Å². The molecule has 1 N–H and O–H groups in total. The van der Waals surface area contributed by atoms with Crippen LogP contribution in [0.25, 0.3) is 11.1 Å². The second-order valence-electron chi connectivity index (χ2n) is 5.47. The van der Waals surface area contributed by atoms with E-state index in [-0.39, 0.29) is 17.6 Å². The monoisotopic (exact) mass is 424 g/mol. The molecule has 6 heteroatoms. The molecule has 2 aromatic carbocycles. The minimum absolute atomic E-state index is 0.196. The summed E-state index contributed by atoms with van der Waals surface area (Å²) in [6.07, 6.45) is 0. The summed E-state index contributed by atoms with van der Waals surface area (Å²) in [4.78, 5) is 16.7. The van der Waals surface area contributed by atoms with E-state index in [4.69, 9.17) is 4.42 Å². The smallest absolute Gasteiger partial charge is 0.256 e. The van der Waals surface area contributed by atoms with Crippen LogP contribution in [0.1, 0.15) is 36.0 Å². The number of hydrogen-bond acceptors (Lipinski definition) is 3. The van der Waals surface area contributed by atoms with Gasteiger partial charge in [0, 0.05) is 15.2 Å². The summed E-state index contributed by atoms with van der Waals surface area (Å²) in [6.45, 7) is 4.01. The molecule has 23 heavy (non-hydrogen) atoms. The molecule has 0 fully saturated rings. The van der Waals surface area contributed by atoms with Crippen LogP contribution in [-0.4, -0.2) is 10.9 Å². The molecule has 0 spiro atoms. The highest BCUT2D eigenvalue weighted by Crippen LogP contribution is 2.24. The molecule has 4 nitrogen and oxygen atoms in total. The van der Waals surface area contributed by atoms with Crippen molar-refractivity contribution >= 4 is 45.3 Å². The molecule has 0 unspecified atom stereocenters. The highest BCUT2D eigenvalue weighted by atomic mass is 127. The number of oxazole rings is 1. The minimum Gasteiger partial charge on any atom is -0.440 e. The first kappa shape index (κ1) is 15.9. The Bertz CT molecular complexity index is 889. The molecule has 1 aromatic heterocycles. The van der Waals surface area contributed by atoms with Crippen LogP contribution in [0.15, 0.2) is 40.8 Å². The summed E-state index contributed by atoms with van der Waals surface area (Å²) in [7, 11) is 0. The minimum atomic E-state index is -0.365. The van der Waals surface area contributed by atoms with Crippen molar-refractivity contribution in [2.45, 2.75) is 19.8 Å². The predicted octanol–water partition coefficient (Wildman–Crippen LogP) is 4.95. The van der Waals surface area contributed by atoms with E-state index in [2.05, 4.69) is 10.3 Å². The maximum Gasteiger partial charge on any atom is 0.256 e. The van der Waals surface area contributed by atoms with Gasteiger partial charge in [0.25, 0.3) is 5.91 Å². The van der Waals surface area contributed by atoms with Gasteiger partial charge in [0.2, 0.25) is 0 Å². The van der Waals surface area contributed by atoms with Crippen LogP contribution in [0.4, 0.5) is 10.1 Å². The topological polar surface area (TPSA) is 55.1 Å². The van der Waals surface area contributed by atoms with Gasteiger partial charge in [0.05, 0.1) is 5.56 Å². The van der Waals surface area contributed by atoms with Gasteiger partial charge < -0.3 is 9.73 Å². The number of carbonyl (C=O) groups is 1. The van der Waals surface area contributed by atoms with E-state index in [0.29, 0.717) is 31.8 Å². The molecular formula is C17H14FIN2O2. The first-order valence-electron chi connectivity index (χ1n) is 7.11. The van der Waals surface area contributed by atoms with Crippen molar-refractivity contribution in [1.82, 2.24) is 4.98 Å². The molecule has 1 heterocycles. The number of carbonyl (C=O) groups excluding carboxylic acids is 1. The van der Waals surface area contributed by atoms with Crippen molar-refractivity contribution in [1.29, 1.82) is 0 Å². The molecule has 3 rings (SSSR count). The van der Waals surface area contributed by atoms with Crippen LogP contribution in [0.5, 0.6) is 0 Å². The quantitative estimate of drug-likeness (QED) is 0.606. The van der Waals surface area contributed by atoms with E-state index in [1.807, 2.05) is 36.4 Å². The summed E-state index contributed by atoms with van der Waals surface area (Å²) in [5, 5.41) is 2.80. The van der Waals surface area contributed by atoms with Gasteiger partial charge in [0.1, 0.15) is 11.3 Å². The van der Waals surface area contributed by atoms with E-state index in [1.54, 1.807) is 18.2 Å². The number of halogens is 2. The number of aromatic nitrogens is 1. The third-order valence-electron chi connectivity index (χ3n) is 3.33. The number of amides is 1. The molecule has 0 aliphatic rings. The predicted molar refractivity (Wildman–Crippen MR) is 95.2 cm³/mol. The van der Waals surface area contributed by atoms with Gasteiger partial charge in [0.15, 0.2) is 11.5 Å². The Kier molecular flexibility index (Phi) is 4.34. The number of hydrogen-bond donors (Lipinski definition) is 1. The van der Waals surface area contributed by atoms with Gasteiger partial charge in [-0.1, -0.05) is 13.8 Å². The molecule has 0 aliphatic carbocycles. The molecule has 0 saturated carbocycles. The fourth-order valence-corrected chi connectivity index (χ4v) is 2.86. The third kappa shape index (κ3) is 3.36. The molecule has 0 bridgehead atoms. The molecule has 0 aliphatic heterocycles. The van der Waals surface area contributed by atoms with Gasteiger partial charge >= 0.3 is 0 Å². The van der Waals surface area contributed by atoms with E-state index >= 15 is 0 Å². The largest absolute Gasteiger partial charge is 0.440 e. The third-order valence-corrected chi connectivity index (χ3v) is 4.22. The number of nitrogens with zero attached hydrogens (tertiary/aromatic N) is 1.